The summed E-state index contributed by atoms with van der Waals surface area (Å²) in [5, 5.41) is 0.827. The van der Waals surface area contributed by atoms with Gasteiger partial charge in [-0.1, -0.05) is 0 Å². The van der Waals surface area contributed by atoms with Crippen LogP contribution in [0.25, 0.3) is 22.2 Å². The Morgan fingerprint density at radius 1 is 1.42 bits per heavy atom. The molecule has 24 heavy (non-hydrogen) atoms. The van der Waals surface area contributed by atoms with Gasteiger partial charge in [-0.2, -0.15) is 0 Å². The van der Waals surface area contributed by atoms with Crippen molar-refractivity contribution in [2.75, 3.05) is 20.6 Å². The lowest BCUT2D eigenvalue weighted by atomic mass is 9.98. The zero-order chi connectivity index (χ0) is 21.5. The standard InChI is InChI=1S/C20H23N3O/c1-23-10-4-6-15(23)11-18-17-12-16(24-2)7-8-19(17)22-20(18)14-5-3-9-21-13-14/h3,5,7-9,12-13,15,22H,4,6,10-11H2,1-2H3/t15-/m1/s1/i1D3,2D3. The number of rotatable bonds is 4. The molecule has 4 rings (SSSR count). The van der Waals surface area contributed by atoms with Gasteiger partial charge in [0.2, 0.25) is 0 Å². The van der Waals surface area contributed by atoms with E-state index in [2.05, 4.69) is 9.97 Å². The largest absolute Gasteiger partial charge is 0.497 e. The molecule has 0 amide bonds. The SMILES string of the molecule is [2H]C([2H])([2H])Oc1ccc2[nH]c(-c3cccnc3)c(C[C@H]3CCCN3C([2H])([2H])[2H])c2c1. The van der Waals surface area contributed by atoms with Crippen LogP contribution < -0.4 is 4.74 Å². The highest BCUT2D eigenvalue weighted by atomic mass is 16.5. The second-order valence-electron chi connectivity index (χ2n) is 6.22. The molecule has 1 aliphatic heterocycles. The van der Waals surface area contributed by atoms with Gasteiger partial charge in [0.05, 0.1) is 16.8 Å². The summed E-state index contributed by atoms with van der Waals surface area (Å²) in [4.78, 5) is 9.19. The first-order chi connectivity index (χ1) is 14.1. The van der Waals surface area contributed by atoms with Crippen molar-refractivity contribution in [2.24, 2.45) is 0 Å². The summed E-state index contributed by atoms with van der Waals surface area (Å²) in [5.74, 6) is 0.250. The lowest BCUT2D eigenvalue weighted by Crippen LogP contribution is -2.26. The van der Waals surface area contributed by atoms with Gasteiger partial charge in [0.1, 0.15) is 5.75 Å². The Morgan fingerprint density at radius 3 is 3.25 bits per heavy atom. The molecule has 0 aliphatic carbocycles. The van der Waals surface area contributed by atoms with Crippen molar-refractivity contribution < 1.29 is 13.0 Å². The van der Waals surface area contributed by atoms with Gasteiger partial charge in [0.25, 0.3) is 0 Å². The van der Waals surface area contributed by atoms with Crippen LogP contribution in [0.5, 0.6) is 5.75 Å². The highest BCUT2D eigenvalue weighted by Crippen LogP contribution is 2.34. The first-order valence-corrected chi connectivity index (χ1v) is 8.12. The van der Waals surface area contributed by atoms with E-state index in [9.17, 15) is 0 Å². The van der Waals surface area contributed by atoms with E-state index in [0.29, 0.717) is 13.0 Å². The van der Waals surface area contributed by atoms with Gasteiger partial charge in [0, 0.05) is 39.0 Å². The molecule has 2 aromatic heterocycles. The zero-order valence-electron chi connectivity index (χ0n) is 19.2. The minimum Gasteiger partial charge on any atom is -0.497 e. The van der Waals surface area contributed by atoms with Gasteiger partial charge in [-0.25, -0.2) is 0 Å². The number of aromatic nitrogens is 2. The van der Waals surface area contributed by atoms with E-state index in [-0.39, 0.29) is 11.8 Å². The summed E-state index contributed by atoms with van der Waals surface area (Å²) in [6.45, 7) is -1.60. The number of benzene rings is 1. The summed E-state index contributed by atoms with van der Waals surface area (Å²) in [6, 6.07) is 8.78. The molecular formula is C20H23N3O. The molecule has 4 nitrogen and oxygen atoms in total. The predicted molar refractivity (Wildman–Crippen MR) is 97.4 cm³/mol. The van der Waals surface area contributed by atoms with Crippen LogP contribution in [0.4, 0.5) is 0 Å². The van der Waals surface area contributed by atoms with Crippen LogP contribution in [0, 0.1) is 0 Å². The quantitative estimate of drug-likeness (QED) is 0.791. The molecule has 1 saturated heterocycles. The molecular weight excluding hydrogens is 298 g/mol. The lowest BCUT2D eigenvalue weighted by molar-refractivity contribution is 0.310. The van der Waals surface area contributed by atoms with E-state index in [0.717, 1.165) is 40.6 Å². The molecule has 1 atom stereocenters. The van der Waals surface area contributed by atoms with Gasteiger partial charge < -0.3 is 14.6 Å². The fraction of sp³-hybridized carbons (Fsp3) is 0.350. The number of pyridine rings is 1. The molecule has 124 valence electrons. The summed E-state index contributed by atoms with van der Waals surface area (Å²) in [6.07, 6.45) is 5.61. The topological polar surface area (TPSA) is 41.1 Å². The first kappa shape index (κ1) is 9.84. The third-order valence-corrected chi connectivity index (χ3v) is 4.76. The number of fused-ring (bicyclic) bond motifs is 1. The lowest BCUT2D eigenvalue weighted by Gasteiger charge is -2.20. The van der Waals surface area contributed by atoms with Crippen LogP contribution >= 0.6 is 0 Å². The van der Waals surface area contributed by atoms with Crippen LogP contribution in [0.1, 0.15) is 26.6 Å². The van der Waals surface area contributed by atoms with Gasteiger partial charge in [0.15, 0.2) is 0 Å². The number of nitrogens with zero attached hydrogens (tertiary/aromatic N) is 2. The van der Waals surface area contributed by atoms with E-state index in [1.807, 2.05) is 12.1 Å². The van der Waals surface area contributed by atoms with Crippen LogP contribution in [-0.4, -0.2) is 41.5 Å². The molecule has 0 radical (unpaired) electrons. The molecule has 1 N–H and O–H groups in total. The number of likely N-dealkylation sites (tertiary alicyclic amines) is 1. The Balaban J connectivity index is 1.80. The molecule has 0 bridgehead atoms. The number of nitrogens with one attached hydrogen (secondary N) is 1. The number of hydrogen-bond acceptors (Lipinski definition) is 3. The summed E-state index contributed by atoms with van der Waals surface area (Å²) < 4.78 is 50.8. The molecule has 4 heteroatoms. The summed E-state index contributed by atoms with van der Waals surface area (Å²) in [7, 11) is -2.54. The highest BCUT2D eigenvalue weighted by Gasteiger charge is 2.24. The number of methoxy groups -OCH3 is 1. The Labute approximate surface area is 150 Å². The third kappa shape index (κ3) is 2.67. The second kappa shape index (κ2) is 6.29. The molecule has 0 spiro atoms. The average molecular weight is 327 g/mol. The van der Waals surface area contributed by atoms with Gasteiger partial charge in [-0.15, -0.1) is 0 Å². The van der Waals surface area contributed by atoms with Gasteiger partial charge >= 0.3 is 0 Å². The first-order valence-electron chi connectivity index (χ1n) is 11.1. The Hall–Kier alpha value is -2.33. The van der Waals surface area contributed by atoms with Crippen molar-refractivity contribution in [1.29, 1.82) is 0 Å². The molecule has 3 aromatic rings. The van der Waals surface area contributed by atoms with E-state index >= 15 is 0 Å². The van der Waals surface area contributed by atoms with Crippen molar-refractivity contribution in [1.82, 2.24) is 14.9 Å². The maximum atomic E-state index is 7.86. The minimum absolute atomic E-state index is 0.126. The fourth-order valence-electron chi connectivity index (χ4n) is 3.54. The van der Waals surface area contributed by atoms with Crippen LogP contribution in [0.3, 0.4) is 0 Å². The van der Waals surface area contributed by atoms with Gasteiger partial charge in [-0.05, 0) is 68.7 Å². The third-order valence-electron chi connectivity index (χ3n) is 4.76. The smallest absolute Gasteiger partial charge is 0.119 e. The van der Waals surface area contributed by atoms with E-state index < -0.39 is 14.0 Å². The average Bonchev–Trinajstić information content (AvgIpc) is 3.26. The predicted octanol–water partition coefficient (Wildman–Crippen LogP) is 3.88. The molecule has 1 aliphatic rings. The van der Waals surface area contributed by atoms with E-state index in [1.54, 1.807) is 35.5 Å². The van der Waals surface area contributed by atoms with Crippen molar-refractivity contribution in [3.63, 3.8) is 0 Å². The monoisotopic (exact) mass is 327 g/mol. The van der Waals surface area contributed by atoms with Crippen molar-refractivity contribution >= 4 is 10.9 Å². The summed E-state index contributed by atoms with van der Waals surface area (Å²) in [5.41, 5.74) is 3.53. The number of ether oxygens (including phenoxy) is 1. The highest BCUT2D eigenvalue weighted by molar-refractivity contribution is 5.91. The van der Waals surface area contributed by atoms with Crippen LogP contribution in [0.15, 0.2) is 42.7 Å². The van der Waals surface area contributed by atoms with Crippen molar-refractivity contribution in [3.8, 4) is 17.0 Å². The fourth-order valence-corrected chi connectivity index (χ4v) is 3.54. The van der Waals surface area contributed by atoms with E-state index in [1.165, 1.54) is 0 Å². The normalized spacial score (nSPS) is 23.1. The molecule has 0 saturated carbocycles. The van der Waals surface area contributed by atoms with Gasteiger partial charge in [-0.3, -0.25) is 4.98 Å². The number of likely N-dealkylation sites (N-methyl/N-ethyl adjacent to an activating group) is 1. The zero-order valence-corrected chi connectivity index (χ0v) is 13.2. The Bertz CT molecular complexity index is 1030. The Kier molecular flexibility index (Phi) is 2.58. The molecule has 0 unspecified atom stereocenters. The molecule has 1 fully saturated rings. The molecule has 1 aromatic carbocycles. The van der Waals surface area contributed by atoms with Crippen LogP contribution in [0.2, 0.25) is 0 Å². The number of H-pyrrole nitrogens is 1. The number of hydrogen-bond donors (Lipinski definition) is 1. The maximum absolute atomic E-state index is 7.86. The van der Waals surface area contributed by atoms with Crippen molar-refractivity contribution in [3.05, 3.63) is 48.3 Å². The van der Waals surface area contributed by atoms with Crippen LogP contribution in [-0.2, 0) is 6.42 Å². The number of aromatic amines is 1. The molecule has 3 heterocycles. The minimum atomic E-state index is -2.54. The Morgan fingerprint density at radius 2 is 2.42 bits per heavy atom. The van der Waals surface area contributed by atoms with E-state index in [4.69, 9.17) is 13.0 Å². The summed E-state index contributed by atoms with van der Waals surface area (Å²) >= 11 is 0. The van der Waals surface area contributed by atoms with Crippen molar-refractivity contribution in [2.45, 2.75) is 25.3 Å². The maximum Gasteiger partial charge on any atom is 0.119 e. The second-order valence-corrected chi connectivity index (χ2v) is 6.22.